The molecule has 0 aliphatic carbocycles. The molecule has 2 N–H and O–H groups in total. The van der Waals surface area contributed by atoms with Crippen molar-refractivity contribution >= 4 is 0 Å². The summed E-state index contributed by atoms with van der Waals surface area (Å²) < 4.78 is 5.31. The van der Waals surface area contributed by atoms with Gasteiger partial charge in [-0.25, -0.2) is 0 Å². The molecule has 1 fully saturated rings. The molecule has 18 heavy (non-hydrogen) atoms. The van der Waals surface area contributed by atoms with Gasteiger partial charge in [-0.05, 0) is 30.7 Å². The summed E-state index contributed by atoms with van der Waals surface area (Å²) in [5, 5.41) is 0. The average molecular weight is 250 g/mol. The Kier molecular flexibility index (Phi) is 4.61. The smallest absolute Gasteiger partial charge is 0.127 e. The summed E-state index contributed by atoms with van der Waals surface area (Å²) in [5.74, 6) is 0.994. The summed E-state index contributed by atoms with van der Waals surface area (Å²) in [6, 6.07) is 6.58. The molecule has 0 saturated carbocycles. The Morgan fingerprint density at radius 2 is 2.00 bits per heavy atom. The van der Waals surface area contributed by atoms with Crippen molar-refractivity contribution in [3.8, 4) is 5.75 Å². The third-order valence-electron chi connectivity index (χ3n) is 3.95. The Balaban J connectivity index is 1.98. The molecule has 1 aliphatic rings. The molecule has 0 aromatic heterocycles. The van der Waals surface area contributed by atoms with Crippen LogP contribution in [0.1, 0.15) is 17.5 Å². The van der Waals surface area contributed by atoms with Crippen molar-refractivity contribution in [1.29, 1.82) is 0 Å². The van der Waals surface area contributed by atoms with Crippen LogP contribution in [0.4, 0.5) is 0 Å². The zero-order chi connectivity index (χ0) is 13.0. The number of nitrogens with one attached hydrogen (secondary N) is 2. The van der Waals surface area contributed by atoms with Crippen LogP contribution in [0.2, 0.25) is 0 Å². The van der Waals surface area contributed by atoms with Gasteiger partial charge in [0.05, 0.1) is 27.2 Å². The van der Waals surface area contributed by atoms with E-state index >= 15 is 0 Å². The van der Waals surface area contributed by atoms with Gasteiger partial charge in [0, 0.05) is 12.0 Å². The maximum absolute atomic E-state index is 5.31. The lowest BCUT2D eigenvalue weighted by atomic mass is 10.1. The molecule has 0 bridgehead atoms. The van der Waals surface area contributed by atoms with Gasteiger partial charge < -0.3 is 14.5 Å². The molecule has 1 heterocycles. The van der Waals surface area contributed by atoms with Crippen molar-refractivity contribution in [2.45, 2.75) is 19.9 Å². The summed E-state index contributed by atoms with van der Waals surface area (Å²) >= 11 is 0. The van der Waals surface area contributed by atoms with Crippen molar-refractivity contribution in [2.24, 2.45) is 0 Å². The quantitative estimate of drug-likeness (QED) is 0.726. The molecule has 100 valence electrons. The molecular weight excluding hydrogens is 224 g/mol. The van der Waals surface area contributed by atoms with Crippen molar-refractivity contribution in [3.63, 3.8) is 0 Å². The molecule has 0 radical (unpaired) electrons. The third-order valence-corrected chi connectivity index (χ3v) is 3.95. The molecule has 0 spiro atoms. The lowest BCUT2D eigenvalue weighted by Gasteiger charge is -2.17. The van der Waals surface area contributed by atoms with E-state index in [9.17, 15) is 0 Å². The highest BCUT2D eigenvalue weighted by atomic mass is 16.5. The van der Waals surface area contributed by atoms with Crippen LogP contribution < -0.4 is 14.5 Å². The van der Waals surface area contributed by atoms with Crippen LogP contribution in [0, 0.1) is 6.92 Å². The molecule has 2 rings (SSSR count). The number of quaternary nitrogens is 2. The van der Waals surface area contributed by atoms with E-state index in [1.807, 2.05) is 0 Å². The molecule has 3 nitrogen and oxygen atoms in total. The number of methoxy groups -OCH3 is 1. The van der Waals surface area contributed by atoms with E-state index in [2.05, 4.69) is 32.2 Å². The second-order valence-electron chi connectivity index (χ2n) is 5.54. The fourth-order valence-corrected chi connectivity index (χ4v) is 2.80. The zero-order valence-electron chi connectivity index (χ0n) is 11.9. The summed E-state index contributed by atoms with van der Waals surface area (Å²) in [7, 11) is 4.04. The standard InChI is InChI=1S/C15H24N2O/c1-13-11-14(5-6-15(13)18-3)12-17-8-4-7-16(2)9-10-17/h5-6,11H,4,7-10,12H2,1-3H3/p+2. The Hall–Kier alpha value is -1.06. The maximum atomic E-state index is 5.31. The molecule has 2 atom stereocenters. The first-order chi connectivity index (χ1) is 8.69. The van der Waals surface area contributed by atoms with Gasteiger partial charge in [-0.2, -0.15) is 0 Å². The Morgan fingerprint density at radius 1 is 1.17 bits per heavy atom. The second kappa shape index (κ2) is 6.21. The highest BCUT2D eigenvalue weighted by Crippen LogP contribution is 2.17. The Labute approximate surface area is 110 Å². The number of rotatable bonds is 3. The lowest BCUT2D eigenvalue weighted by molar-refractivity contribution is -0.938. The molecule has 2 unspecified atom stereocenters. The molecular formula is C15H26N2O+2. The highest BCUT2D eigenvalue weighted by molar-refractivity contribution is 5.35. The maximum Gasteiger partial charge on any atom is 0.127 e. The predicted octanol–water partition coefficient (Wildman–Crippen LogP) is -0.693. The molecule has 0 amide bonds. The minimum Gasteiger partial charge on any atom is -0.496 e. The SMILES string of the molecule is COc1ccc(C[NH+]2CCC[NH+](C)CC2)cc1C. The van der Waals surface area contributed by atoms with Gasteiger partial charge in [0.1, 0.15) is 25.4 Å². The van der Waals surface area contributed by atoms with Gasteiger partial charge in [-0.15, -0.1) is 0 Å². The van der Waals surface area contributed by atoms with Gasteiger partial charge in [-0.3, -0.25) is 0 Å². The van der Waals surface area contributed by atoms with Crippen LogP contribution >= 0.6 is 0 Å². The summed E-state index contributed by atoms with van der Waals surface area (Å²) in [4.78, 5) is 3.40. The topological polar surface area (TPSA) is 18.1 Å². The lowest BCUT2D eigenvalue weighted by Crippen LogP contribution is -3.15. The summed E-state index contributed by atoms with van der Waals surface area (Å²) in [5.41, 5.74) is 2.68. The third kappa shape index (κ3) is 3.47. The first-order valence-electron chi connectivity index (χ1n) is 6.97. The van der Waals surface area contributed by atoms with Crippen LogP contribution in [-0.2, 0) is 6.54 Å². The van der Waals surface area contributed by atoms with Crippen molar-refractivity contribution in [2.75, 3.05) is 40.3 Å². The normalized spacial score (nSPS) is 24.6. The van der Waals surface area contributed by atoms with Crippen molar-refractivity contribution < 1.29 is 14.5 Å². The fourth-order valence-electron chi connectivity index (χ4n) is 2.80. The Morgan fingerprint density at radius 3 is 2.72 bits per heavy atom. The van der Waals surface area contributed by atoms with Crippen molar-refractivity contribution in [1.82, 2.24) is 0 Å². The van der Waals surface area contributed by atoms with E-state index in [1.165, 1.54) is 43.7 Å². The van der Waals surface area contributed by atoms with Crippen LogP contribution in [0.3, 0.4) is 0 Å². The second-order valence-corrected chi connectivity index (χ2v) is 5.54. The van der Waals surface area contributed by atoms with Gasteiger partial charge in [0.25, 0.3) is 0 Å². The summed E-state index contributed by atoms with van der Waals surface area (Å²) in [6.45, 7) is 8.49. The largest absolute Gasteiger partial charge is 0.496 e. The van der Waals surface area contributed by atoms with Crippen LogP contribution in [0.15, 0.2) is 18.2 Å². The monoisotopic (exact) mass is 250 g/mol. The van der Waals surface area contributed by atoms with E-state index in [4.69, 9.17) is 4.74 Å². The Bertz CT molecular complexity index is 392. The van der Waals surface area contributed by atoms with E-state index < -0.39 is 0 Å². The van der Waals surface area contributed by atoms with E-state index in [0.717, 1.165) is 12.3 Å². The van der Waals surface area contributed by atoms with Gasteiger partial charge in [0.2, 0.25) is 0 Å². The fraction of sp³-hybridized carbons (Fsp3) is 0.600. The number of hydrogen-bond acceptors (Lipinski definition) is 1. The van der Waals surface area contributed by atoms with E-state index in [0.29, 0.717) is 0 Å². The minimum atomic E-state index is 0.994. The van der Waals surface area contributed by atoms with Crippen LogP contribution in [0.5, 0.6) is 5.75 Å². The summed E-state index contributed by atoms with van der Waals surface area (Å²) in [6.07, 6.45) is 1.34. The highest BCUT2D eigenvalue weighted by Gasteiger charge is 2.17. The van der Waals surface area contributed by atoms with Crippen molar-refractivity contribution in [3.05, 3.63) is 29.3 Å². The molecule has 1 aromatic rings. The van der Waals surface area contributed by atoms with E-state index in [-0.39, 0.29) is 0 Å². The number of hydrogen-bond donors (Lipinski definition) is 2. The van der Waals surface area contributed by atoms with Crippen LogP contribution in [-0.4, -0.2) is 40.3 Å². The predicted molar refractivity (Wildman–Crippen MR) is 73.4 cm³/mol. The molecule has 3 heteroatoms. The first-order valence-corrected chi connectivity index (χ1v) is 6.97. The van der Waals surface area contributed by atoms with Gasteiger partial charge in [-0.1, -0.05) is 0 Å². The van der Waals surface area contributed by atoms with Gasteiger partial charge >= 0.3 is 0 Å². The zero-order valence-corrected chi connectivity index (χ0v) is 11.9. The number of likely N-dealkylation sites (N-methyl/N-ethyl adjacent to an activating group) is 1. The molecule has 1 aromatic carbocycles. The van der Waals surface area contributed by atoms with E-state index in [1.54, 1.807) is 16.9 Å². The number of ether oxygens (including phenoxy) is 1. The molecule has 1 aliphatic heterocycles. The first kappa shape index (κ1) is 13.4. The van der Waals surface area contributed by atoms with Gasteiger partial charge in [0.15, 0.2) is 0 Å². The average Bonchev–Trinajstić information content (AvgIpc) is 2.55. The minimum absolute atomic E-state index is 0.994. The molecule has 1 saturated heterocycles. The van der Waals surface area contributed by atoms with Crippen LogP contribution in [0.25, 0.3) is 0 Å². The number of aryl methyl sites for hydroxylation is 1. The number of benzene rings is 1.